The van der Waals surface area contributed by atoms with Crippen molar-refractivity contribution in [3.8, 4) is 11.3 Å². The fraction of sp³-hybridized carbons (Fsp3) is 0.0833. The molecule has 1 aromatic heterocycles. The molecule has 86 valence electrons. The quantitative estimate of drug-likeness (QED) is 0.590. The molecule has 0 spiro atoms. The van der Waals surface area contributed by atoms with Gasteiger partial charge in [0, 0.05) is 12.3 Å². The lowest BCUT2D eigenvalue weighted by Crippen LogP contribution is -1.96. The van der Waals surface area contributed by atoms with Crippen LogP contribution in [0.4, 0.5) is 10.1 Å². The highest BCUT2D eigenvalue weighted by molar-refractivity contribution is 5.70. The van der Waals surface area contributed by atoms with Gasteiger partial charge in [0.05, 0.1) is 10.5 Å². The number of nitro groups is 1. The smallest absolute Gasteiger partial charge is 0.258 e. The van der Waals surface area contributed by atoms with E-state index in [2.05, 4.69) is 4.98 Å². The van der Waals surface area contributed by atoms with Gasteiger partial charge in [0.2, 0.25) is 0 Å². The minimum absolute atomic E-state index is 0.00269. The summed E-state index contributed by atoms with van der Waals surface area (Å²) in [6.07, 6.45) is 1.48. The molecule has 0 aliphatic heterocycles. The Labute approximate surface area is 96.9 Å². The summed E-state index contributed by atoms with van der Waals surface area (Å²) >= 11 is 0. The van der Waals surface area contributed by atoms with Gasteiger partial charge in [0.1, 0.15) is 11.5 Å². The highest BCUT2D eigenvalue weighted by Crippen LogP contribution is 2.29. The van der Waals surface area contributed by atoms with Crippen molar-refractivity contribution in [2.75, 3.05) is 0 Å². The maximum absolute atomic E-state index is 13.7. The molecule has 0 saturated heterocycles. The van der Waals surface area contributed by atoms with Crippen LogP contribution < -0.4 is 0 Å². The van der Waals surface area contributed by atoms with E-state index in [0.717, 1.165) is 0 Å². The molecular weight excluding hydrogens is 223 g/mol. The number of para-hydroxylation sites is 1. The first-order valence-electron chi connectivity index (χ1n) is 4.95. The van der Waals surface area contributed by atoms with E-state index >= 15 is 0 Å². The molecule has 0 bridgehead atoms. The number of rotatable bonds is 2. The molecule has 0 saturated carbocycles. The lowest BCUT2D eigenvalue weighted by atomic mass is 10.1. The molecule has 17 heavy (non-hydrogen) atoms. The van der Waals surface area contributed by atoms with Gasteiger partial charge in [0.15, 0.2) is 0 Å². The number of benzene rings is 1. The van der Waals surface area contributed by atoms with Crippen LogP contribution in [0.1, 0.15) is 5.56 Å². The predicted octanol–water partition coefficient (Wildman–Crippen LogP) is 3.10. The molecule has 0 fully saturated rings. The van der Waals surface area contributed by atoms with E-state index in [0.29, 0.717) is 5.56 Å². The van der Waals surface area contributed by atoms with Crippen LogP contribution in [0.15, 0.2) is 36.5 Å². The van der Waals surface area contributed by atoms with E-state index in [1.54, 1.807) is 13.0 Å². The zero-order valence-corrected chi connectivity index (χ0v) is 9.05. The Hall–Kier alpha value is -2.30. The minimum atomic E-state index is -0.556. The third kappa shape index (κ3) is 2.13. The Morgan fingerprint density at radius 3 is 2.71 bits per heavy atom. The van der Waals surface area contributed by atoms with E-state index in [1.165, 1.54) is 30.5 Å². The summed E-state index contributed by atoms with van der Waals surface area (Å²) in [5.74, 6) is -0.556. The Kier molecular flexibility index (Phi) is 2.82. The van der Waals surface area contributed by atoms with Gasteiger partial charge in [-0.15, -0.1) is 0 Å². The maximum atomic E-state index is 13.7. The molecule has 1 heterocycles. The lowest BCUT2D eigenvalue weighted by molar-refractivity contribution is -0.384. The van der Waals surface area contributed by atoms with Crippen LogP contribution in [0.5, 0.6) is 0 Å². The van der Waals surface area contributed by atoms with Gasteiger partial charge in [0.25, 0.3) is 5.69 Å². The fourth-order valence-electron chi connectivity index (χ4n) is 1.56. The highest BCUT2D eigenvalue weighted by atomic mass is 19.1. The predicted molar refractivity (Wildman–Crippen MR) is 61.0 cm³/mol. The van der Waals surface area contributed by atoms with Crippen LogP contribution in [0.3, 0.4) is 0 Å². The minimum Gasteiger partial charge on any atom is -0.258 e. The van der Waals surface area contributed by atoms with Gasteiger partial charge in [-0.05, 0) is 24.6 Å². The van der Waals surface area contributed by atoms with E-state index in [1.807, 2.05) is 0 Å². The van der Waals surface area contributed by atoms with Crippen LogP contribution >= 0.6 is 0 Å². The molecule has 2 aromatic rings. The zero-order valence-electron chi connectivity index (χ0n) is 9.05. The summed E-state index contributed by atoms with van der Waals surface area (Å²) in [7, 11) is 0. The number of halogens is 1. The number of aryl methyl sites for hydroxylation is 1. The monoisotopic (exact) mass is 232 g/mol. The van der Waals surface area contributed by atoms with Crippen LogP contribution in [0, 0.1) is 22.9 Å². The van der Waals surface area contributed by atoms with Crippen LogP contribution in [0.25, 0.3) is 11.3 Å². The summed E-state index contributed by atoms with van der Waals surface area (Å²) in [5.41, 5.74) is 0.713. The molecule has 0 unspecified atom stereocenters. The third-order valence-electron chi connectivity index (χ3n) is 2.33. The van der Waals surface area contributed by atoms with Gasteiger partial charge in [-0.2, -0.15) is 0 Å². The van der Waals surface area contributed by atoms with Crippen molar-refractivity contribution in [2.24, 2.45) is 0 Å². The van der Waals surface area contributed by atoms with Gasteiger partial charge >= 0.3 is 0 Å². The number of nitrogens with zero attached hydrogens (tertiary/aromatic N) is 2. The number of nitro benzene ring substituents is 1. The third-order valence-corrected chi connectivity index (χ3v) is 2.33. The van der Waals surface area contributed by atoms with Crippen LogP contribution in [-0.4, -0.2) is 9.91 Å². The Balaban J connectivity index is 2.64. The number of hydrogen-bond donors (Lipinski definition) is 0. The largest absolute Gasteiger partial charge is 0.278 e. The van der Waals surface area contributed by atoms with Crippen molar-refractivity contribution in [3.05, 3.63) is 58.0 Å². The summed E-state index contributed by atoms with van der Waals surface area (Å²) in [6.45, 7) is 1.71. The molecule has 0 radical (unpaired) electrons. The van der Waals surface area contributed by atoms with Crippen molar-refractivity contribution < 1.29 is 9.31 Å². The number of aromatic nitrogens is 1. The van der Waals surface area contributed by atoms with Crippen molar-refractivity contribution >= 4 is 5.69 Å². The van der Waals surface area contributed by atoms with Crippen molar-refractivity contribution in [1.82, 2.24) is 4.98 Å². The summed E-state index contributed by atoms with van der Waals surface area (Å²) in [4.78, 5) is 14.2. The second-order valence-corrected chi connectivity index (χ2v) is 3.62. The van der Waals surface area contributed by atoms with Crippen LogP contribution in [0.2, 0.25) is 0 Å². The molecular formula is C12H9FN2O2. The number of pyridine rings is 1. The molecule has 1 aromatic carbocycles. The molecule has 0 amide bonds. The molecule has 0 N–H and O–H groups in total. The summed E-state index contributed by atoms with van der Waals surface area (Å²) < 4.78 is 13.7. The SMILES string of the molecule is Cc1cnc(-c2ccccc2[N+](=O)[O-])c(F)c1. The van der Waals surface area contributed by atoms with Gasteiger partial charge < -0.3 is 0 Å². The molecule has 0 aliphatic rings. The van der Waals surface area contributed by atoms with Gasteiger partial charge in [-0.3, -0.25) is 15.1 Å². The Morgan fingerprint density at radius 2 is 2.06 bits per heavy atom. The Morgan fingerprint density at radius 1 is 1.35 bits per heavy atom. The second-order valence-electron chi connectivity index (χ2n) is 3.62. The molecule has 2 rings (SSSR count). The van der Waals surface area contributed by atoms with E-state index < -0.39 is 10.7 Å². The van der Waals surface area contributed by atoms with Gasteiger partial charge in [-0.25, -0.2) is 4.39 Å². The van der Waals surface area contributed by atoms with Crippen molar-refractivity contribution in [1.29, 1.82) is 0 Å². The van der Waals surface area contributed by atoms with Gasteiger partial charge in [-0.1, -0.05) is 12.1 Å². The lowest BCUT2D eigenvalue weighted by Gasteiger charge is -2.04. The molecule has 4 nitrogen and oxygen atoms in total. The van der Waals surface area contributed by atoms with E-state index in [-0.39, 0.29) is 16.9 Å². The summed E-state index contributed by atoms with van der Waals surface area (Å²) in [5, 5.41) is 10.8. The zero-order chi connectivity index (χ0) is 12.4. The van der Waals surface area contributed by atoms with E-state index in [9.17, 15) is 14.5 Å². The average molecular weight is 232 g/mol. The first kappa shape index (κ1) is 11.2. The normalized spacial score (nSPS) is 10.2. The highest BCUT2D eigenvalue weighted by Gasteiger charge is 2.18. The first-order valence-corrected chi connectivity index (χ1v) is 4.95. The molecule has 0 aliphatic carbocycles. The topological polar surface area (TPSA) is 56.0 Å². The van der Waals surface area contributed by atoms with Crippen LogP contribution in [-0.2, 0) is 0 Å². The molecule has 5 heteroatoms. The van der Waals surface area contributed by atoms with Crippen molar-refractivity contribution in [2.45, 2.75) is 6.92 Å². The summed E-state index contributed by atoms with van der Waals surface area (Å²) in [6, 6.07) is 7.27. The Bertz CT molecular complexity index is 584. The standard InChI is InChI=1S/C12H9FN2O2/c1-8-6-10(13)12(14-7-8)9-4-2-3-5-11(9)15(16)17/h2-7H,1H3. The van der Waals surface area contributed by atoms with E-state index in [4.69, 9.17) is 0 Å². The number of hydrogen-bond acceptors (Lipinski definition) is 3. The fourth-order valence-corrected chi connectivity index (χ4v) is 1.56. The molecule has 0 atom stereocenters. The van der Waals surface area contributed by atoms with Crippen molar-refractivity contribution in [3.63, 3.8) is 0 Å². The average Bonchev–Trinajstić information content (AvgIpc) is 2.29. The maximum Gasteiger partial charge on any atom is 0.278 e. The first-order chi connectivity index (χ1) is 8.09. The second kappa shape index (κ2) is 4.29.